The van der Waals surface area contributed by atoms with Gasteiger partial charge in [-0.25, -0.2) is 4.79 Å². The van der Waals surface area contributed by atoms with Crippen LogP contribution in [0.25, 0.3) is 0 Å². The summed E-state index contributed by atoms with van der Waals surface area (Å²) in [6, 6.07) is 7.49. The number of carbonyl (C=O) groups excluding carboxylic acids is 1. The van der Waals surface area contributed by atoms with Gasteiger partial charge in [0.05, 0.1) is 12.7 Å². The first kappa shape index (κ1) is 13.9. The number of methoxy groups -OCH3 is 1. The lowest BCUT2D eigenvalue weighted by Crippen LogP contribution is -2.30. The summed E-state index contributed by atoms with van der Waals surface area (Å²) in [5, 5.41) is 6.77. The number of anilines is 1. The Morgan fingerprint density at radius 2 is 2.32 bits per heavy atom. The Kier molecular flexibility index (Phi) is 5.21. The molecule has 2 rings (SSSR count). The molecule has 2 N–H and O–H groups in total. The van der Waals surface area contributed by atoms with Crippen molar-refractivity contribution in [2.75, 3.05) is 32.1 Å². The third-order valence-corrected chi connectivity index (χ3v) is 3.60. The highest BCUT2D eigenvalue weighted by Crippen LogP contribution is 2.18. The second kappa shape index (κ2) is 7.14. The molecule has 1 atom stereocenters. The zero-order chi connectivity index (χ0) is 13.5. The number of hydrogen-bond donors (Lipinski definition) is 2. The molecule has 19 heavy (non-hydrogen) atoms. The van der Waals surface area contributed by atoms with E-state index < -0.39 is 0 Å². The smallest absolute Gasteiger partial charge is 0.339 e. The standard InChI is InChI=1S/C15H22N2O2/c1-19-15(18)13-6-2-3-7-14(13)17-10-8-12-5-4-9-16-11-12/h2-3,6-7,12,16-17H,4-5,8-11H2,1H3. The number of rotatable bonds is 5. The average molecular weight is 262 g/mol. The van der Waals surface area contributed by atoms with Gasteiger partial charge in [-0.2, -0.15) is 0 Å². The number of hydrogen-bond acceptors (Lipinski definition) is 4. The summed E-state index contributed by atoms with van der Waals surface area (Å²) in [6.07, 6.45) is 3.69. The summed E-state index contributed by atoms with van der Waals surface area (Å²) in [5.74, 6) is 0.453. The van der Waals surface area contributed by atoms with Crippen molar-refractivity contribution in [3.63, 3.8) is 0 Å². The summed E-state index contributed by atoms with van der Waals surface area (Å²) in [5.41, 5.74) is 1.46. The molecule has 0 spiro atoms. The van der Waals surface area contributed by atoms with Crippen LogP contribution in [0.1, 0.15) is 29.6 Å². The van der Waals surface area contributed by atoms with Gasteiger partial charge in [-0.05, 0) is 50.4 Å². The minimum Gasteiger partial charge on any atom is -0.465 e. The third-order valence-electron chi connectivity index (χ3n) is 3.60. The number of piperidine rings is 1. The Hall–Kier alpha value is -1.55. The van der Waals surface area contributed by atoms with E-state index in [9.17, 15) is 4.79 Å². The number of esters is 1. The summed E-state index contributed by atoms with van der Waals surface area (Å²) < 4.78 is 4.78. The zero-order valence-electron chi connectivity index (χ0n) is 11.4. The fourth-order valence-electron chi connectivity index (χ4n) is 2.51. The van der Waals surface area contributed by atoms with E-state index in [-0.39, 0.29) is 5.97 Å². The van der Waals surface area contributed by atoms with E-state index in [1.54, 1.807) is 6.07 Å². The van der Waals surface area contributed by atoms with Gasteiger partial charge < -0.3 is 15.4 Å². The van der Waals surface area contributed by atoms with Crippen molar-refractivity contribution in [2.45, 2.75) is 19.3 Å². The number of para-hydroxylation sites is 1. The van der Waals surface area contributed by atoms with Gasteiger partial charge in [0.2, 0.25) is 0 Å². The van der Waals surface area contributed by atoms with Gasteiger partial charge in [0.15, 0.2) is 0 Å². The Labute approximate surface area is 114 Å². The van der Waals surface area contributed by atoms with E-state index in [2.05, 4.69) is 10.6 Å². The molecule has 1 fully saturated rings. The molecule has 1 unspecified atom stereocenters. The maximum atomic E-state index is 11.6. The molecule has 0 aromatic heterocycles. The van der Waals surface area contributed by atoms with Crippen LogP contribution >= 0.6 is 0 Å². The molecule has 4 heteroatoms. The highest BCUT2D eigenvalue weighted by atomic mass is 16.5. The molecule has 1 aromatic carbocycles. The normalized spacial score (nSPS) is 18.9. The van der Waals surface area contributed by atoms with E-state index in [0.717, 1.165) is 37.7 Å². The second-order valence-corrected chi connectivity index (χ2v) is 4.96. The minimum absolute atomic E-state index is 0.289. The monoisotopic (exact) mass is 262 g/mol. The molecule has 4 nitrogen and oxygen atoms in total. The molecular weight excluding hydrogens is 240 g/mol. The number of benzene rings is 1. The molecule has 1 heterocycles. The molecule has 1 aliphatic heterocycles. The molecule has 104 valence electrons. The van der Waals surface area contributed by atoms with Gasteiger partial charge in [-0.3, -0.25) is 0 Å². The van der Waals surface area contributed by atoms with Crippen molar-refractivity contribution in [3.8, 4) is 0 Å². The number of nitrogens with one attached hydrogen (secondary N) is 2. The summed E-state index contributed by atoms with van der Waals surface area (Å²) in [7, 11) is 1.41. The van der Waals surface area contributed by atoms with E-state index in [1.807, 2.05) is 18.2 Å². The third kappa shape index (κ3) is 3.96. The number of carbonyl (C=O) groups is 1. The van der Waals surface area contributed by atoms with Gasteiger partial charge >= 0.3 is 5.97 Å². The van der Waals surface area contributed by atoms with Crippen molar-refractivity contribution in [2.24, 2.45) is 5.92 Å². The Bertz CT molecular complexity index is 414. The van der Waals surface area contributed by atoms with E-state index in [1.165, 1.54) is 20.0 Å². The Morgan fingerprint density at radius 3 is 3.05 bits per heavy atom. The van der Waals surface area contributed by atoms with Crippen LogP contribution in [0, 0.1) is 5.92 Å². The van der Waals surface area contributed by atoms with Gasteiger partial charge in [-0.1, -0.05) is 12.1 Å². The van der Waals surface area contributed by atoms with Crippen LogP contribution in [0.4, 0.5) is 5.69 Å². The first-order valence-electron chi connectivity index (χ1n) is 6.93. The van der Waals surface area contributed by atoms with Crippen LogP contribution in [0.3, 0.4) is 0 Å². The highest BCUT2D eigenvalue weighted by Gasteiger charge is 2.14. The van der Waals surface area contributed by atoms with Gasteiger partial charge in [0.1, 0.15) is 0 Å². The molecule has 0 radical (unpaired) electrons. The quantitative estimate of drug-likeness (QED) is 0.799. The largest absolute Gasteiger partial charge is 0.465 e. The minimum atomic E-state index is -0.289. The molecule has 0 bridgehead atoms. The second-order valence-electron chi connectivity index (χ2n) is 4.96. The van der Waals surface area contributed by atoms with Crippen molar-refractivity contribution in [1.82, 2.24) is 5.32 Å². The van der Waals surface area contributed by atoms with Crippen LogP contribution < -0.4 is 10.6 Å². The van der Waals surface area contributed by atoms with Crippen LogP contribution in [0.15, 0.2) is 24.3 Å². The molecule has 1 aliphatic rings. The van der Waals surface area contributed by atoms with E-state index >= 15 is 0 Å². The lowest BCUT2D eigenvalue weighted by Gasteiger charge is -2.23. The maximum Gasteiger partial charge on any atom is 0.339 e. The molecule has 1 saturated heterocycles. The van der Waals surface area contributed by atoms with Gasteiger partial charge in [-0.15, -0.1) is 0 Å². The van der Waals surface area contributed by atoms with Crippen LogP contribution in [-0.2, 0) is 4.74 Å². The summed E-state index contributed by atoms with van der Waals surface area (Å²) >= 11 is 0. The van der Waals surface area contributed by atoms with E-state index in [4.69, 9.17) is 4.74 Å². The van der Waals surface area contributed by atoms with Crippen molar-refractivity contribution in [3.05, 3.63) is 29.8 Å². The first-order valence-corrected chi connectivity index (χ1v) is 6.93. The van der Waals surface area contributed by atoms with E-state index in [0.29, 0.717) is 5.56 Å². The van der Waals surface area contributed by atoms with Crippen molar-refractivity contribution in [1.29, 1.82) is 0 Å². The fraction of sp³-hybridized carbons (Fsp3) is 0.533. The molecule has 0 aliphatic carbocycles. The van der Waals surface area contributed by atoms with Gasteiger partial charge in [0.25, 0.3) is 0 Å². The van der Waals surface area contributed by atoms with Crippen LogP contribution in [-0.4, -0.2) is 32.7 Å². The predicted molar refractivity (Wildman–Crippen MR) is 76.5 cm³/mol. The zero-order valence-corrected chi connectivity index (χ0v) is 11.4. The van der Waals surface area contributed by atoms with Crippen molar-refractivity contribution < 1.29 is 9.53 Å². The summed E-state index contributed by atoms with van der Waals surface area (Å²) in [4.78, 5) is 11.6. The molecular formula is C15H22N2O2. The maximum absolute atomic E-state index is 11.6. The Balaban J connectivity index is 1.86. The lowest BCUT2D eigenvalue weighted by atomic mass is 9.96. The molecule has 1 aromatic rings. The lowest BCUT2D eigenvalue weighted by molar-refractivity contribution is 0.0602. The molecule has 0 amide bonds. The summed E-state index contributed by atoms with van der Waals surface area (Å²) in [6.45, 7) is 3.15. The molecule has 0 saturated carbocycles. The van der Waals surface area contributed by atoms with Crippen molar-refractivity contribution >= 4 is 11.7 Å². The fourth-order valence-corrected chi connectivity index (χ4v) is 2.51. The number of ether oxygens (including phenoxy) is 1. The SMILES string of the molecule is COC(=O)c1ccccc1NCCC1CCCNC1. The predicted octanol–water partition coefficient (Wildman–Crippen LogP) is 2.27. The average Bonchev–Trinajstić information content (AvgIpc) is 2.48. The topological polar surface area (TPSA) is 50.4 Å². The van der Waals surface area contributed by atoms with Gasteiger partial charge in [0, 0.05) is 12.2 Å². The first-order chi connectivity index (χ1) is 9.31. The Morgan fingerprint density at radius 1 is 1.47 bits per heavy atom. The highest BCUT2D eigenvalue weighted by molar-refractivity contribution is 5.95. The van der Waals surface area contributed by atoms with Crippen LogP contribution in [0.5, 0.6) is 0 Å². The van der Waals surface area contributed by atoms with Crippen LogP contribution in [0.2, 0.25) is 0 Å².